The lowest BCUT2D eigenvalue weighted by Gasteiger charge is -2.42. The Hall–Kier alpha value is -2.50. The monoisotopic (exact) mass is 403 g/mol. The molecule has 2 heterocycles. The fourth-order valence-corrected chi connectivity index (χ4v) is 5.27. The topological polar surface area (TPSA) is 43.9 Å². The number of nitrogens with zero attached hydrogens (tertiary/aromatic N) is 3. The highest BCUT2D eigenvalue weighted by Gasteiger charge is 2.43. The molecule has 5 heteroatoms. The fraction of sp³-hybridized carbons (Fsp3) is 0.440. The van der Waals surface area contributed by atoms with Crippen molar-refractivity contribution in [3.8, 4) is 0 Å². The summed E-state index contributed by atoms with van der Waals surface area (Å²) in [5.41, 5.74) is 4.80. The van der Waals surface area contributed by atoms with E-state index in [1.54, 1.807) is 0 Å². The van der Waals surface area contributed by atoms with E-state index in [4.69, 9.17) is 0 Å². The standard InChI is InChI=1S/C25H29N3O2/c1-18-6-9-21(10-7-18)28-24(29)17-23(25(28)30)27-14-12-26(13-15-27)22-11-8-19-4-2-3-5-20(19)16-22/h2-7,9-10,22-23H,8,11-17H2,1H3/t22-,23+/m0/s1. The van der Waals surface area contributed by atoms with Crippen LogP contribution in [-0.2, 0) is 22.4 Å². The van der Waals surface area contributed by atoms with E-state index in [0.717, 1.165) is 44.6 Å². The van der Waals surface area contributed by atoms with Gasteiger partial charge in [0.25, 0.3) is 5.91 Å². The summed E-state index contributed by atoms with van der Waals surface area (Å²) in [4.78, 5) is 31.9. The molecule has 0 saturated carbocycles. The van der Waals surface area contributed by atoms with Crippen LogP contribution in [0.15, 0.2) is 48.5 Å². The summed E-state index contributed by atoms with van der Waals surface area (Å²) in [6, 6.07) is 16.7. The first-order chi connectivity index (χ1) is 14.6. The summed E-state index contributed by atoms with van der Waals surface area (Å²) in [7, 11) is 0. The molecule has 0 bridgehead atoms. The van der Waals surface area contributed by atoms with Crippen LogP contribution in [-0.4, -0.2) is 59.9 Å². The molecule has 2 aromatic carbocycles. The highest BCUT2D eigenvalue weighted by atomic mass is 16.2. The third-order valence-electron chi connectivity index (χ3n) is 7.04. The first-order valence-corrected chi connectivity index (χ1v) is 11.1. The lowest BCUT2D eigenvalue weighted by Crippen LogP contribution is -2.55. The van der Waals surface area contributed by atoms with Crippen LogP contribution in [0, 0.1) is 6.92 Å². The smallest absolute Gasteiger partial charge is 0.251 e. The number of anilines is 1. The maximum Gasteiger partial charge on any atom is 0.251 e. The van der Waals surface area contributed by atoms with Crippen LogP contribution in [0.2, 0.25) is 0 Å². The Morgan fingerprint density at radius 3 is 2.20 bits per heavy atom. The molecule has 2 saturated heterocycles. The van der Waals surface area contributed by atoms with Gasteiger partial charge in [-0.25, -0.2) is 4.90 Å². The normalized spacial score (nSPS) is 25.6. The first-order valence-electron chi connectivity index (χ1n) is 11.1. The van der Waals surface area contributed by atoms with Gasteiger partial charge in [-0.05, 0) is 49.4 Å². The molecule has 2 aliphatic heterocycles. The van der Waals surface area contributed by atoms with Gasteiger partial charge in [-0.15, -0.1) is 0 Å². The third-order valence-corrected chi connectivity index (χ3v) is 7.04. The average molecular weight is 404 g/mol. The number of carbonyl (C=O) groups is 2. The predicted molar refractivity (Wildman–Crippen MR) is 117 cm³/mol. The van der Waals surface area contributed by atoms with Crippen molar-refractivity contribution in [3.05, 3.63) is 65.2 Å². The molecule has 2 fully saturated rings. The number of piperazine rings is 1. The van der Waals surface area contributed by atoms with Crippen molar-refractivity contribution in [3.63, 3.8) is 0 Å². The van der Waals surface area contributed by atoms with Gasteiger partial charge in [0.1, 0.15) is 0 Å². The van der Waals surface area contributed by atoms with E-state index in [2.05, 4.69) is 34.1 Å². The highest BCUT2D eigenvalue weighted by molar-refractivity contribution is 6.22. The van der Waals surface area contributed by atoms with Crippen molar-refractivity contribution < 1.29 is 9.59 Å². The van der Waals surface area contributed by atoms with Crippen molar-refractivity contribution in [2.45, 2.75) is 44.7 Å². The minimum Gasteiger partial charge on any atom is -0.298 e. The van der Waals surface area contributed by atoms with E-state index < -0.39 is 0 Å². The van der Waals surface area contributed by atoms with Gasteiger partial charge in [0, 0.05) is 32.2 Å². The third kappa shape index (κ3) is 3.57. The SMILES string of the molecule is Cc1ccc(N2C(=O)C[C@@H](N3CCN([C@H]4CCc5ccccc5C4)CC3)C2=O)cc1. The minimum atomic E-state index is -0.312. The van der Waals surface area contributed by atoms with Crippen LogP contribution in [0.3, 0.4) is 0 Å². The molecule has 0 N–H and O–H groups in total. The molecule has 5 rings (SSSR count). The summed E-state index contributed by atoms with van der Waals surface area (Å²) in [5, 5.41) is 0. The van der Waals surface area contributed by atoms with Gasteiger partial charge in [-0.1, -0.05) is 42.0 Å². The Kier molecular flexibility index (Phi) is 5.17. The van der Waals surface area contributed by atoms with Gasteiger partial charge in [0.15, 0.2) is 0 Å². The van der Waals surface area contributed by atoms with E-state index >= 15 is 0 Å². The molecule has 0 radical (unpaired) electrons. The summed E-state index contributed by atoms with van der Waals surface area (Å²) in [5.74, 6) is -0.149. The van der Waals surface area contributed by atoms with E-state index in [9.17, 15) is 9.59 Å². The molecular formula is C25H29N3O2. The number of rotatable bonds is 3. The van der Waals surface area contributed by atoms with E-state index in [1.807, 2.05) is 31.2 Å². The van der Waals surface area contributed by atoms with Gasteiger partial charge in [0.05, 0.1) is 18.2 Å². The zero-order valence-corrected chi connectivity index (χ0v) is 17.6. The maximum absolute atomic E-state index is 13.1. The number of aryl methyl sites for hydroxylation is 2. The summed E-state index contributed by atoms with van der Waals surface area (Å²) < 4.78 is 0. The van der Waals surface area contributed by atoms with Crippen molar-refractivity contribution >= 4 is 17.5 Å². The van der Waals surface area contributed by atoms with Crippen molar-refractivity contribution in [1.29, 1.82) is 0 Å². The number of carbonyl (C=O) groups excluding carboxylic acids is 2. The lowest BCUT2D eigenvalue weighted by molar-refractivity contribution is -0.123. The van der Waals surface area contributed by atoms with Crippen molar-refractivity contribution in [1.82, 2.24) is 9.80 Å². The number of fused-ring (bicyclic) bond motifs is 1. The number of benzene rings is 2. The average Bonchev–Trinajstić information content (AvgIpc) is 3.08. The van der Waals surface area contributed by atoms with Crippen LogP contribution in [0.5, 0.6) is 0 Å². The zero-order chi connectivity index (χ0) is 20.7. The molecule has 2 atom stereocenters. The molecule has 1 aliphatic carbocycles. The Morgan fingerprint density at radius 1 is 0.800 bits per heavy atom. The number of hydrogen-bond acceptors (Lipinski definition) is 4. The van der Waals surface area contributed by atoms with Crippen LogP contribution < -0.4 is 4.90 Å². The molecule has 30 heavy (non-hydrogen) atoms. The minimum absolute atomic E-state index is 0.0658. The maximum atomic E-state index is 13.1. The van der Waals surface area contributed by atoms with Crippen LogP contribution in [0.1, 0.15) is 29.5 Å². The van der Waals surface area contributed by atoms with Gasteiger partial charge in [-0.3, -0.25) is 19.4 Å². The molecule has 5 nitrogen and oxygen atoms in total. The summed E-state index contributed by atoms with van der Waals surface area (Å²) in [6.07, 6.45) is 3.78. The molecular weight excluding hydrogens is 374 g/mol. The van der Waals surface area contributed by atoms with Crippen LogP contribution in [0.4, 0.5) is 5.69 Å². The fourth-order valence-electron chi connectivity index (χ4n) is 5.27. The second-order valence-corrected chi connectivity index (χ2v) is 8.86. The number of amides is 2. The Balaban J connectivity index is 1.21. The summed E-state index contributed by atoms with van der Waals surface area (Å²) in [6.45, 7) is 5.64. The predicted octanol–water partition coefficient (Wildman–Crippen LogP) is 2.80. The quantitative estimate of drug-likeness (QED) is 0.740. The second-order valence-electron chi connectivity index (χ2n) is 8.86. The number of imide groups is 1. The van der Waals surface area contributed by atoms with Gasteiger partial charge in [0.2, 0.25) is 5.91 Å². The van der Waals surface area contributed by atoms with Crippen molar-refractivity contribution in [2.75, 3.05) is 31.1 Å². The van der Waals surface area contributed by atoms with E-state index in [0.29, 0.717) is 18.2 Å². The molecule has 0 spiro atoms. The van der Waals surface area contributed by atoms with Gasteiger partial charge in [-0.2, -0.15) is 0 Å². The molecule has 2 aromatic rings. The summed E-state index contributed by atoms with van der Waals surface area (Å²) >= 11 is 0. The van der Waals surface area contributed by atoms with Crippen molar-refractivity contribution in [2.24, 2.45) is 0 Å². The lowest BCUT2D eigenvalue weighted by atomic mass is 9.87. The molecule has 3 aliphatic rings. The highest BCUT2D eigenvalue weighted by Crippen LogP contribution is 2.29. The van der Waals surface area contributed by atoms with Crippen LogP contribution >= 0.6 is 0 Å². The molecule has 0 aromatic heterocycles. The molecule has 0 unspecified atom stereocenters. The number of hydrogen-bond donors (Lipinski definition) is 0. The van der Waals surface area contributed by atoms with E-state index in [-0.39, 0.29) is 17.9 Å². The second kappa shape index (κ2) is 7.97. The van der Waals surface area contributed by atoms with E-state index in [1.165, 1.54) is 22.4 Å². The largest absolute Gasteiger partial charge is 0.298 e. The Morgan fingerprint density at radius 2 is 1.47 bits per heavy atom. The molecule has 156 valence electrons. The Labute approximate surface area is 178 Å². The molecule has 2 amide bonds. The zero-order valence-electron chi connectivity index (χ0n) is 17.6. The van der Waals surface area contributed by atoms with Gasteiger partial charge >= 0.3 is 0 Å². The van der Waals surface area contributed by atoms with Gasteiger partial charge < -0.3 is 0 Å². The first kappa shape index (κ1) is 19.5. The van der Waals surface area contributed by atoms with Crippen LogP contribution in [0.25, 0.3) is 0 Å². The Bertz CT molecular complexity index is 947.